The van der Waals surface area contributed by atoms with E-state index in [9.17, 15) is 23.1 Å². The maximum Gasteiger partial charge on any atom is 0.326 e. The van der Waals surface area contributed by atoms with Crippen LogP contribution in [0, 0.1) is 20.8 Å². The summed E-state index contributed by atoms with van der Waals surface area (Å²) in [5, 5.41) is 15.3. The number of nitrogens with zero attached hydrogens (tertiary/aromatic N) is 1. The van der Waals surface area contributed by atoms with E-state index in [1.807, 2.05) is 25.1 Å². The number of carboxylic acid groups (broad SMARTS) is 1. The van der Waals surface area contributed by atoms with E-state index in [-0.39, 0.29) is 17.3 Å². The molecule has 45 heavy (non-hydrogen) atoms. The van der Waals surface area contributed by atoms with E-state index in [4.69, 9.17) is 4.74 Å². The first-order valence-corrected chi connectivity index (χ1v) is 15.5. The molecule has 0 bridgehead atoms. The highest BCUT2D eigenvalue weighted by Gasteiger charge is 2.28. The molecule has 1 atom stereocenters. The van der Waals surface area contributed by atoms with Gasteiger partial charge in [-0.1, -0.05) is 54.1 Å². The van der Waals surface area contributed by atoms with E-state index in [0.29, 0.717) is 33.6 Å². The van der Waals surface area contributed by atoms with Crippen LogP contribution in [0.5, 0.6) is 5.75 Å². The first-order valence-electron chi connectivity index (χ1n) is 14.1. The molecule has 12 heteroatoms. The Balaban J connectivity index is 1.25. The number of amides is 2. The molecule has 0 aliphatic heterocycles. The Kier molecular flexibility index (Phi) is 8.89. The van der Waals surface area contributed by atoms with Crippen molar-refractivity contribution in [1.29, 1.82) is 0 Å². The van der Waals surface area contributed by atoms with Gasteiger partial charge in [-0.3, -0.25) is 10.1 Å². The molecule has 11 nitrogen and oxygen atoms in total. The molecule has 0 unspecified atom stereocenters. The molecule has 4 aromatic carbocycles. The van der Waals surface area contributed by atoms with Gasteiger partial charge in [0.15, 0.2) is 0 Å². The summed E-state index contributed by atoms with van der Waals surface area (Å²) in [6.45, 7) is 5.26. The smallest absolute Gasteiger partial charge is 0.326 e. The van der Waals surface area contributed by atoms with E-state index >= 15 is 0 Å². The number of urea groups is 1. The Morgan fingerprint density at radius 2 is 1.62 bits per heavy atom. The van der Waals surface area contributed by atoms with Gasteiger partial charge in [0.25, 0.3) is 0 Å². The lowest BCUT2D eigenvalue weighted by atomic mass is 10.0. The fourth-order valence-electron chi connectivity index (χ4n) is 5.31. The molecule has 0 aliphatic rings. The lowest BCUT2D eigenvalue weighted by molar-refractivity contribution is -0.138. The van der Waals surface area contributed by atoms with Crippen LogP contribution >= 0.6 is 0 Å². The van der Waals surface area contributed by atoms with Crippen molar-refractivity contribution < 1.29 is 27.9 Å². The quantitative estimate of drug-likeness (QED) is 0.131. The number of fused-ring (bicyclic) bond motifs is 1. The molecule has 5 aromatic rings. The summed E-state index contributed by atoms with van der Waals surface area (Å²) in [5.74, 6) is -0.320. The van der Waals surface area contributed by atoms with Crippen LogP contribution in [0.1, 0.15) is 22.3 Å². The SMILES string of the molecule is COc1ccc2nc(NC(=O)Nc3cccc(-c4ccc(C[C@H](NS(=O)(=O)c5c(C)cc(C)cc5C)C(=O)O)cc4)c3)[nH]c2c1. The first-order chi connectivity index (χ1) is 21.4. The van der Waals surface area contributed by atoms with E-state index in [1.54, 1.807) is 81.6 Å². The molecule has 1 aromatic heterocycles. The first kappa shape index (κ1) is 31.2. The normalized spacial score (nSPS) is 12.1. The van der Waals surface area contributed by atoms with Crippen LogP contribution in [0.25, 0.3) is 22.2 Å². The van der Waals surface area contributed by atoms with E-state index in [2.05, 4.69) is 25.3 Å². The van der Waals surface area contributed by atoms with Gasteiger partial charge in [0.1, 0.15) is 11.8 Å². The zero-order valence-electron chi connectivity index (χ0n) is 25.1. The lowest BCUT2D eigenvalue weighted by Crippen LogP contribution is -2.42. The number of aryl methyl sites for hydroxylation is 3. The number of hydrogen-bond acceptors (Lipinski definition) is 6. The van der Waals surface area contributed by atoms with Crippen molar-refractivity contribution in [3.8, 4) is 16.9 Å². The molecule has 5 rings (SSSR count). The molecular weight excluding hydrogens is 594 g/mol. The summed E-state index contributed by atoms with van der Waals surface area (Å²) in [7, 11) is -2.51. The van der Waals surface area contributed by atoms with Crippen molar-refractivity contribution in [2.75, 3.05) is 17.7 Å². The van der Waals surface area contributed by atoms with Crippen LogP contribution in [0.4, 0.5) is 16.4 Å². The lowest BCUT2D eigenvalue weighted by Gasteiger charge is -2.18. The van der Waals surface area contributed by atoms with E-state index in [1.165, 1.54) is 0 Å². The summed E-state index contributed by atoms with van der Waals surface area (Å²) in [6.07, 6.45) is -0.0465. The van der Waals surface area contributed by atoms with Gasteiger partial charge in [-0.15, -0.1) is 0 Å². The largest absolute Gasteiger partial charge is 0.497 e. The number of anilines is 2. The van der Waals surface area contributed by atoms with Gasteiger partial charge in [0.2, 0.25) is 16.0 Å². The number of H-pyrrole nitrogens is 1. The minimum absolute atomic E-state index is 0.0465. The molecule has 0 aliphatic carbocycles. The van der Waals surface area contributed by atoms with Crippen LogP contribution < -0.4 is 20.1 Å². The number of benzene rings is 4. The van der Waals surface area contributed by atoms with Gasteiger partial charge in [-0.2, -0.15) is 4.72 Å². The molecule has 1 heterocycles. The third kappa shape index (κ3) is 7.31. The fourth-order valence-corrected chi connectivity index (χ4v) is 6.95. The van der Waals surface area contributed by atoms with E-state index in [0.717, 1.165) is 22.2 Å². The number of aromatic amines is 1. The number of rotatable bonds is 10. The van der Waals surface area contributed by atoms with Crippen LogP contribution in [0.3, 0.4) is 0 Å². The summed E-state index contributed by atoms with van der Waals surface area (Å²) < 4.78 is 34.0. The van der Waals surface area contributed by atoms with Crippen molar-refractivity contribution in [3.63, 3.8) is 0 Å². The standard InChI is InChI=1S/C33H33N5O6S/c1-19-14-20(2)30(21(3)15-19)45(42,43)38-29(31(39)40)16-22-8-10-23(11-9-22)24-6-5-7-25(17-24)34-33(41)37-32-35-27-13-12-26(44-4)18-28(27)36-32/h5-15,17-18,29,38H,16H2,1-4H3,(H,39,40)(H3,34,35,36,37,41)/t29-/m0/s1. The second kappa shape index (κ2) is 12.8. The summed E-state index contributed by atoms with van der Waals surface area (Å²) >= 11 is 0. The molecule has 232 valence electrons. The monoisotopic (exact) mass is 627 g/mol. The number of carboxylic acids is 1. The average Bonchev–Trinajstić information content (AvgIpc) is 3.37. The van der Waals surface area contributed by atoms with Crippen molar-refractivity contribution in [3.05, 3.63) is 101 Å². The number of imidazole rings is 1. The van der Waals surface area contributed by atoms with Crippen LogP contribution in [0.2, 0.25) is 0 Å². The predicted molar refractivity (Wildman–Crippen MR) is 173 cm³/mol. The summed E-state index contributed by atoms with van der Waals surface area (Å²) in [6, 6.07) is 21.4. The van der Waals surface area contributed by atoms with E-state index < -0.39 is 28.1 Å². The Labute approximate surface area is 260 Å². The average molecular weight is 628 g/mol. The summed E-state index contributed by atoms with van der Waals surface area (Å²) in [5.41, 5.74) is 6.27. The third-order valence-corrected chi connectivity index (χ3v) is 9.01. The molecular formula is C33H33N5O6S. The van der Waals surface area contributed by atoms with Crippen molar-refractivity contribution in [2.24, 2.45) is 0 Å². The van der Waals surface area contributed by atoms with Gasteiger partial charge in [-0.05, 0) is 79.3 Å². The molecule has 0 saturated carbocycles. The highest BCUT2D eigenvalue weighted by atomic mass is 32.2. The number of ether oxygens (including phenoxy) is 1. The Morgan fingerprint density at radius 1 is 0.911 bits per heavy atom. The zero-order valence-corrected chi connectivity index (χ0v) is 26.0. The van der Waals surface area contributed by atoms with Crippen LogP contribution in [-0.4, -0.2) is 48.6 Å². The molecule has 0 spiro atoms. The number of aromatic nitrogens is 2. The Bertz CT molecular complexity index is 1980. The van der Waals surface area contributed by atoms with Crippen molar-refractivity contribution >= 4 is 44.7 Å². The molecule has 0 radical (unpaired) electrons. The van der Waals surface area contributed by atoms with Gasteiger partial charge in [0.05, 0.1) is 23.0 Å². The Hall–Kier alpha value is -5.20. The molecule has 5 N–H and O–H groups in total. The third-order valence-electron chi connectivity index (χ3n) is 7.24. The number of aliphatic carboxylic acids is 1. The Morgan fingerprint density at radius 3 is 2.29 bits per heavy atom. The highest BCUT2D eigenvalue weighted by Crippen LogP contribution is 2.26. The number of sulfonamides is 1. The number of nitrogens with one attached hydrogen (secondary N) is 4. The maximum atomic E-state index is 13.2. The second-order valence-corrected chi connectivity index (χ2v) is 12.4. The summed E-state index contributed by atoms with van der Waals surface area (Å²) in [4.78, 5) is 32.2. The van der Waals surface area contributed by atoms with Gasteiger partial charge < -0.3 is 20.1 Å². The van der Waals surface area contributed by atoms with Gasteiger partial charge in [0, 0.05) is 11.8 Å². The highest BCUT2D eigenvalue weighted by molar-refractivity contribution is 7.89. The second-order valence-electron chi connectivity index (χ2n) is 10.8. The maximum absolute atomic E-state index is 13.2. The zero-order chi connectivity index (χ0) is 32.3. The topological polar surface area (TPSA) is 163 Å². The minimum Gasteiger partial charge on any atom is -0.497 e. The molecule has 0 saturated heterocycles. The minimum atomic E-state index is -4.08. The number of carbonyl (C=O) groups excluding carboxylic acids is 1. The van der Waals surface area contributed by atoms with Crippen molar-refractivity contribution in [2.45, 2.75) is 38.1 Å². The molecule has 2 amide bonds. The van der Waals surface area contributed by atoms with Gasteiger partial charge in [-0.25, -0.2) is 18.2 Å². The number of hydrogen-bond donors (Lipinski definition) is 5. The number of carbonyl (C=O) groups is 2. The fraction of sp³-hybridized carbons (Fsp3) is 0.182. The van der Waals surface area contributed by atoms with Gasteiger partial charge >= 0.3 is 12.0 Å². The molecule has 0 fully saturated rings. The number of methoxy groups -OCH3 is 1. The predicted octanol–water partition coefficient (Wildman–Crippen LogP) is 5.78. The van der Waals surface area contributed by atoms with Crippen LogP contribution in [-0.2, 0) is 21.2 Å². The van der Waals surface area contributed by atoms with Crippen LogP contribution in [0.15, 0.2) is 83.8 Å². The van der Waals surface area contributed by atoms with Crippen molar-refractivity contribution in [1.82, 2.24) is 14.7 Å².